The van der Waals surface area contributed by atoms with Gasteiger partial charge in [0.25, 0.3) is 0 Å². The van der Waals surface area contributed by atoms with E-state index in [4.69, 9.17) is 11.6 Å². The number of amides is 1. The summed E-state index contributed by atoms with van der Waals surface area (Å²) in [5, 5.41) is 2.01. The van der Waals surface area contributed by atoms with E-state index in [2.05, 4.69) is 0 Å². The molecule has 1 N–H and O–H groups in total. The quantitative estimate of drug-likeness (QED) is 0.834. The van der Waals surface area contributed by atoms with Crippen molar-refractivity contribution in [1.29, 1.82) is 0 Å². The Morgan fingerprint density at radius 2 is 1.88 bits per heavy atom. The second-order valence-electron chi connectivity index (χ2n) is 3.06. The Morgan fingerprint density at radius 1 is 1.31 bits per heavy atom. The van der Waals surface area contributed by atoms with E-state index in [1.54, 1.807) is 6.07 Å². The number of ketones is 1. The second-order valence-corrected chi connectivity index (χ2v) is 3.47. The lowest BCUT2D eigenvalue weighted by Crippen LogP contribution is -2.40. The third-order valence-electron chi connectivity index (χ3n) is 1.85. The Bertz CT molecular complexity index is 435. The van der Waals surface area contributed by atoms with Crippen LogP contribution in [0.1, 0.15) is 6.92 Å². The molecule has 0 spiro atoms. The van der Waals surface area contributed by atoms with E-state index in [9.17, 15) is 18.4 Å². The number of benzene rings is 1. The van der Waals surface area contributed by atoms with Crippen LogP contribution in [0.25, 0.3) is 0 Å². The van der Waals surface area contributed by atoms with E-state index in [0.29, 0.717) is 6.92 Å². The first-order valence-corrected chi connectivity index (χ1v) is 4.68. The van der Waals surface area contributed by atoms with Crippen LogP contribution in [-0.2, 0) is 9.59 Å². The highest BCUT2D eigenvalue weighted by molar-refractivity contribution is 6.34. The van der Waals surface area contributed by atoms with Gasteiger partial charge >= 0.3 is 11.8 Å². The molecule has 0 aliphatic carbocycles. The molecule has 1 rings (SSSR count). The molecule has 3 nitrogen and oxygen atoms in total. The zero-order chi connectivity index (χ0) is 12.3. The topological polar surface area (TPSA) is 46.2 Å². The molecule has 6 heteroatoms. The first-order chi connectivity index (χ1) is 7.35. The maximum Gasteiger partial charge on any atom is 0.381 e. The third-order valence-corrected chi connectivity index (χ3v) is 2.18. The summed E-state index contributed by atoms with van der Waals surface area (Å²) in [6.45, 7) is 0.645. The predicted octanol–water partition coefficient (Wildman–Crippen LogP) is 2.50. The fourth-order valence-corrected chi connectivity index (χ4v) is 1.11. The Labute approximate surface area is 95.4 Å². The number of hydrogen-bond acceptors (Lipinski definition) is 2. The summed E-state index contributed by atoms with van der Waals surface area (Å²) < 4.78 is 25.9. The van der Waals surface area contributed by atoms with Gasteiger partial charge in [-0.1, -0.05) is 23.7 Å². The zero-order valence-electron chi connectivity index (χ0n) is 8.26. The molecule has 1 aromatic rings. The van der Waals surface area contributed by atoms with Gasteiger partial charge in [-0.2, -0.15) is 8.78 Å². The molecule has 86 valence electrons. The van der Waals surface area contributed by atoms with Gasteiger partial charge in [0.2, 0.25) is 5.78 Å². The van der Waals surface area contributed by atoms with Crippen molar-refractivity contribution in [3.05, 3.63) is 29.3 Å². The first-order valence-electron chi connectivity index (χ1n) is 4.30. The van der Waals surface area contributed by atoms with Gasteiger partial charge in [-0.3, -0.25) is 9.59 Å². The number of halogens is 3. The van der Waals surface area contributed by atoms with Gasteiger partial charge in [-0.05, 0) is 12.1 Å². The number of carbonyl (C=O) groups is 2. The Kier molecular flexibility index (Phi) is 3.59. The van der Waals surface area contributed by atoms with Gasteiger partial charge in [-0.25, -0.2) is 0 Å². The molecule has 0 fully saturated rings. The molecule has 1 amide bonds. The van der Waals surface area contributed by atoms with E-state index in [-0.39, 0.29) is 10.7 Å². The molecule has 0 saturated heterocycles. The number of anilines is 1. The van der Waals surface area contributed by atoms with E-state index < -0.39 is 17.6 Å². The molecule has 0 aromatic heterocycles. The van der Waals surface area contributed by atoms with Crippen LogP contribution in [0.15, 0.2) is 24.3 Å². The Morgan fingerprint density at radius 3 is 2.38 bits per heavy atom. The minimum Gasteiger partial charge on any atom is -0.319 e. The maximum absolute atomic E-state index is 13.0. The fraction of sp³-hybridized carbons (Fsp3) is 0.200. The standard InChI is InChI=1S/C10H8ClF2NO2/c1-6(15)10(12,13)9(16)14-8-5-3-2-4-7(8)11/h2-5H,1H3,(H,14,16). The van der Waals surface area contributed by atoms with Crippen molar-refractivity contribution in [2.45, 2.75) is 12.8 Å². The minimum absolute atomic E-state index is 0.0371. The lowest BCUT2D eigenvalue weighted by Gasteiger charge is -2.13. The van der Waals surface area contributed by atoms with Gasteiger partial charge < -0.3 is 5.32 Å². The van der Waals surface area contributed by atoms with Crippen LogP contribution in [0.3, 0.4) is 0 Å². The van der Waals surface area contributed by atoms with Crippen LogP contribution in [-0.4, -0.2) is 17.6 Å². The molecule has 0 radical (unpaired) electrons. The van der Waals surface area contributed by atoms with Gasteiger partial charge in [0.1, 0.15) is 0 Å². The van der Waals surface area contributed by atoms with Gasteiger partial charge in [0, 0.05) is 6.92 Å². The third kappa shape index (κ3) is 2.55. The Hall–Kier alpha value is -1.49. The Balaban J connectivity index is 2.88. The number of nitrogens with one attached hydrogen (secondary N) is 1. The second kappa shape index (κ2) is 4.57. The molecule has 16 heavy (non-hydrogen) atoms. The van der Waals surface area contributed by atoms with E-state index in [1.807, 2.05) is 5.32 Å². The number of Topliss-reactive ketones (excluding diaryl/α,β-unsaturated/α-hetero) is 1. The molecule has 0 aliphatic rings. The lowest BCUT2D eigenvalue weighted by atomic mass is 10.2. The SMILES string of the molecule is CC(=O)C(F)(F)C(=O)Nc1ccccc1Cl. The molecule has 0 atom stereocenters. The van der Waals surface area contributed by atoms with E-state index >= 15 is 0 Å². The smallest absolute Gasteiger partial charge is 0.319 e. The lowest BCUT2D eigenvalue weighted by molar-refractivity contribution is -0.153. The molecule has 0 aliphatic heterocycles. The molecule has 1 aromatic carbocycles. The van der Waals surface area contributed by atoms with Crippen LogP contribution < -0.4 is 5.32 Å². The molecule has 0 bridgehead atoms. The molecule has 0 saturated carbocycles. The van der Waals surface area contributed by atoms with Crippen LogP contribution in [0.5, 0.6) is 0 Å². The first kappa shape index (κ1) is 12.6. The summed E-state index contributed by atoms with van der Waals surface area (Å²) in [7, 11) is 0. The van der Waals surface area contributed by atoms with Gasteiger partial charge in [0.05, 0.1) is 10.7 Å². The van der Waals surface area contributed by atoms with Crippen molar-refractivity contribution in [3.63, 3.8) is 0 Å². The maximum atomic E-state index is 13.0. The summed E-state index contributed by atoms with van der Waals surface area (Å²) in [6, 6.07) is 5.90. The highest BCUT2D eigenvalue weighted by Crippen LogP contribution is 2.23. The van der Waals surface area contributed by atoms with Crippen molar-refractivity contribution in [3.8, 4) is 0 Å². The van der Waals surface area contributed by atoms with Crippen LogP contribution in [0.4, 0.5) is 14.5 Å². The van der Waals surface area contributed by atoms with Crippen LogP contribution in [0, 0.1) is 0 Å². The van der Waals surface area contributed by atoms with Crippen molar-refractivity contribution < 1.29 is 18.4 Å². The number of carbonyl (C=O) groups excluding carboxylic acids is 2. The van der Waals surface area contributed by atoms with Crippen molar-refractivity contribution >= 4 is 29.0 Å². The molecule has 0 heterocycles. The van der Waals surface area contributed by atoms with Gasteiger partial charge in [0.15, 0.2) is 0 Å². The normalized spacial score (nSPS) is 11.0. The van der Waals surface area contributed by atoms with Crippen molar-refractivity contribution in [2.75, 3.05) is 5.32 Å². The average molecular weight is 248 g/mol. The summed E-state index contributed by atoms with van der Waals surface area (Å²) in [6.07, 6.45) is 0. The average Bonchev–Trinajstić information content (AvgIpc) is 2.21. The largest absolute Gasteiger partial charge is 0.381 e. The van der Waals surface area contributed by atoms with E-state index in [0.717, 1.165) is 0 Å². The molecular formula is C10H8ClF2NO2. The van der Waals surface area contributed by atoms with Crippen LogP contribution in [0.2, 0.25) is 5.02 Å². The number of hydrogen-bond donors (Lipinski definition) is 1. The van der Waals surface area contributed by atoms with Crippen molar-refractivity contribution in [2.24, 2.45) is 0 Å². The summed E-state index contributed by atoms with van der Waals surface area (Å²) >= 11 is 5.65. The number of alkyl halides is 2. The fourth-order valence-electron chi connectivity index (χ4n) is 0.923. The monoisotopic (exact) mass is 247 g/mol. The van der Waals surface area contributed by atoms with Crippen molar-refractivity contribution in [1.82, 2.24) is 0 Å². The van der Waals surface area contributed by atoms with E-state index in [1.165, 1.54) is 18.2 Å². The number of para-hydroxylation sites is 1. The molecule has 0 unspecified atom stereocenters. The zero-order valence-corrected chi connectivity index (χ0v) is 9.02. The predicted molar refractivity (Wildman–Crippen MR) is 55.7 cm³/mol. The summed E-state index contributed by atoms with van der Waals surface area (Å²) in [4.78, 5) is 21.6. The number of rotatable bonds is 3. The van der Waals surface area contributed by atoms with Gasteiger partial charge in [-0.15, -0.1) is 0 Å². The molecular weight excluding hydrogens is 240 g/mol. The highest BCUT2D eigenvalue weighted by atomic mass is 35.5. The highest BCUT2D eigenvalue weighted by Gasteiger charge is 2.44. The summed E-state index contributed by atoms with van der Waals surface area (Å²) in [5.74, 6) is -7.25. The summed E-state index contributed by atoms with van der Waals surface area (Å²) in [5.41, 5.74) is 0.0371. The minimum atomic E-state index is -4.04. The van der Waals surface area contributed by atoms with Crippen LogP contribution >= 0.6 is 11.6 Å².